The van der Waals surface area contributed by atoms with Crippen molar-refractivity contribution in [3.8, 4) is 17.2 Å². The minimum atomic E-state index is -1.40. The van der Waals surface area contributed by atoms with Crippen LogP contribution >= 0.6 is 0 Å². The molecule has 0 heterocycles. The minimum absolute atomic E-state index is 0.0147. The number of carbonyl (C=O) groups is 1. The van der Waals surface area contributed by atoms with Gasteiger partial charge >= 0.3 is 6.16 Å². The first-order valence-electron chi connectivity index (χ1n) is 17.4. The molecule has 0 aromatic heterocycles. The Bertz CT molecular complexity index is 804. The van der Waals surface area contributed by atoms with Crippen LogP contribution in [0.2, 0.25) is 0 Å². The summed E-state index contributed by atoms with van der Waals surface area (Å²) in [5.74, 6) is 0.483. The molecule has 0 radical (unpaired) electrons. The lowest BCUT2D eigenvalue weighted by Crippen LogP contribution is -2.12. The average Bonchev–Trinajstić information content (AvgIpc) is 2.95. The van der Waals surface area contributed by atoms with E-state index in [0.717, 1.165) is 75.3 Å². The van der Waals surface area contributed by atoms with Crippen molar-refractivity contribution in [2.24, 2.45) is 0 Å². The molecular weight excluding hydrogens is 512 g/mol. The third-order valence-electron chi connectivity index (χ3n) is 8.23. The molecule has 41 heavy (non-hydrogen) atoms. The molecule has 0 saturated carbocycles. The first-order valence-corrected chi connectivity index (χ1v) is 17.4. The van der Waals surface area contributed by atoms with Gasteiger partial charge in [-0.2, -0.15) is 0 Å². The second-order valence-electron chi connectivity index (χ2n) is 11.9. The summed E-state index contributed by atoms with van der Waals surface area (Å²) in [5, 5.41) is 21.2. The summed E-state index contributed by atoms with van der Waals surface area (Å²) in [6, 6.07) is 0. The fraction of sp³-hybridized carbons (Fsp3) is 0.806. The summed E-state index contributed by atoms with van der Waals surface area (Å²) in [5.41, 5.74) is 3.17. The zero-order valence-electron chi connectivity index (χ0n) is 27.3. The van der Waals surface area contributed by atoms with Crippen molar-refractivity contribution in [2.75, 3.05) is 6.61 Å². The van der Waals surface area contributed by atoms with E-state index >= 15 is 0 Å². The van der Waals surface area contributed by atoms with Crippen LogP contribution in [0.15, 0.2) is 0 Å². The fourth-order valence-corrected chi connectivity index (χ4v) is 5.79. The monoisotopic (exact) mass is 576 g/mol. The normalized spacial score (nSPS) is 11.2. The highest BCUT2D eigenvalue weighted by atomic mass is 16.7. The highest BCUT2D eigenvalue weighted by molar-refractivity contribution is 5.70. The Morgan fingerprint density at radius 3 is 1.37 bits per heavy atom. The third-order valence-corrected chi connectivity index (χ3v) is 8.23. The molecule has 0 spiro atoms. The van der Waals surface area contributed by atoms with Gasteiger partial charge in [-0.1, -0.05) is 137 Å². The van der Waals surface area contributed by atoms with E-state index in [1.54, 1.807) is 0 Å². The molecular formula is C36H64O5. The Labute approximate surface area is 252 Å². The van der Waals surface area contributed by atoms with Crippen molar-refractivity contribution in [1.82, 2.24) is 0 Å². The van der Waals surface area contributed by atoms with E-state index in [1.807, 2.05) is 0 Å². The first-order chi connectivity index (χ1) is 20.0. The molecule has 5 nitrogen and oxygen atoms in total. The Hall–Kier alpha value is -1.91. The summed E-state index contributed by atoms with van der Waals surface area (Å²) in [6.45, 7) is 9.41. The molecule has 0 atom stereocenters. The largest absolute Gasteiger partial charge is 0.511 e. The predicted octanol–water partition coefficient (Wildman–Crippen LogP) is 11.7. The van der Waals surface area contributed by atoms with Gasteiger partial charge in [0, 0.05) is 11.1 Å². The van der Waals surface area contributed by atoms with Gasteiger partial charge in [0.2, 0.25) is 5.75 Å². The number of aromatic hydroxyl groups is 1. The smallest absolute Gasteiger partial charge is 0.504 e. The Balaban J connectivity index is 3.39. The number of phenols is 1. The van der Waals surface area contributed by atoms with Gasteiger partial charge in [-0.05, 0) is 50.5 Å². The van der Waals surface area contributed by atoms with E-state index in [4.69, 9.17) is 9.47 Å². The molecule has 238 valence electrons. The number of benzene rings is 1. The van der Waals surface area contributed by atoms with Gasteiger partial charge in [0.25, 0.3) is 0 Å². The summed E-state index contributed by atoms with van der Waals surface area (Å²) in [7, 11) is 0. The van der Waals surface area contributed by atoms with Crippen molar-refractivity contribution < 1.29 is 24.5 Å². The highest BCUT2D eigenvalue weighted by Gasteiger charge is 2.27. The van der Waals surface area contributed by atoms with Crippen LogP contribution in [0.5, 0.6) is 17.2 Å². The van der Waals surface area contributed by atoms with Crippen molar-refractivity contribution >= 4 is 6.16 Å². The second-order valence-corrected chi connectivity index (χ2v) is 11.9. The first kappa shape index (κ1) is 37.1. The van der Waals surface area contributed by atoms with Gasteiger partial charge in [0.1, 0.15) is 0 Å². The van der Waals surface area contributed by atoms with Crippen LogP contribution in [0.4, 0.5) is 4.79 Å². The van der Waals surface area contributed by atoms with Crippen molar-refractivity contribution in [3.63, 3.8) is 0 Å². The maximum absolute atomic E-state index is 11.8. The number of unbranched alkanes of at least 4 members (excludes halogenated alkanes) is 17. The van der Waals surface area contributed by atoms with Crippen LogP contribution in [0.25, 0.3) is 0 Å². The van der Waals surface area contributed by atoms with Gasteiger partial charge < -0.3 is 19.7 Å². The highest BCUT2D eigenvalue weighted by Crippen LogP contribution is 2.47. The molecule has 1 rings (SSSR count). The Morgan fingerprint density at radius 2 is 0.902 bits per heavy atom. The topological polar surface area (TPSA) is 76.0 Å². The molecule has 2 N–H and O–H groups in total. The van der Waals surface area contributed by atoms with Crippen LogP contribution in [-0.2, 0) is 19.3 Å². The third kappa shape index (κ3) is 15.8. The average molecular weight is 577 g/mol. The van der Waals surface area contributed by atoms with Crippen LogP contribution in [0, 0.1) is 0 Å². The molecule has 0 amide bonds. The molecule has 5 heteroatoms. The minimum Gasteiger partial charge on any atom is -0.504 e. The van der Waals surface area contributed by atoms with E-state index in [9.17, 15) is 15.0 Å². The van der Waals surface area contributed by atoms with E-state index in [0.29, 0.717) is 12.4 Å². The van der Waals surface area contributed by atoms with Gasteiger partial charge in [-0.3, -0.25) is 0 Å². The van der Waals surface area contributed by atoms with Crippen molar-refractivity contribution in [1.29, 1.82) is 0 Å². The summed E-state index contributed by atoms with van der Waals surface area (Å²) in [4.78, 5) is 11.8. The van der Waals surface area contributed by atoms with E-state index in [2.05, 4.69) is 27.7 Å². The predicted molar refractivity (Wildman–Crippen MR) is 173 cm³/mol. The van der Waals surface area contributed by atoms with E-state index < -0.39 is 6.16 Å². The molecule has 0 unspecified atom stereocenters. The van der Waals surface area contributed by atoms with Gasteiger partial charge in [0.05, 0.1) is 6.61 Å². The standard InChI is InChI=1S/C36H64O5/c1-5-9-13-17-21-25-29-40-34-32(28-24-20-16-12-8-4)30(26-22-18-14-10-6-2)31(27-23-19-15-11-7-3)33(37)35(34)41-36(38)39/h37H,5-29H2,1-4H3,(H,38,39). The molecule has 0 fully saturated rings. The Kier molecular flexibility index (Phi) is 22.3. The number of hydrogen-bond donors (Lipinski definition) is 2. The number of phenolic OH excluding ortho intramolecular Hbond substituents is 1. The Morgan fingerprint density at radius 1 is 0.512 bits per heavy atom. The molecule has 0 aliphatic carbocycles. The van der Waals surface area contributed by atoms with Crippen LogP contribution in [0.1, 0.15) is 179 Å². The SMILES string of the molecule is CCCCCCCCOc1c(CCCCCCC)c(CCCCCCC)c(CCCCCCC)c(O)c1OC(=O)O. The molecule has 0 aliphatic rings. The lowest BCUT2D eigenvalue weighted by molar-refractivity contribution is 0.140. The van der Waals surface area contributed by atoms with Crippen molar-refractivity contribution in [2.45, 2.75) is 182 Å². The maximum atomic E-state index is 11.8. The van der Waals surface area contributed by atoms with Crippen molar-refractivity contribution in [3.05, 3.63) is 16.7 Å². The zero-order chi connectivity index (χ0) is 30.1. The fourth-order valence-electron chi connectivity index (χ4n) is 5.79. The van der Waals surface area contributed by atoms with Crippen LogP contribution in [0.3, 0.4) is 0 Å². The van der Waals surface area contributed by atoms with Gasteiger partial charge in [-0.25, -0.2) is 4.79 Å². The molecule has 1 aromatic carbocycles. The molecule has 1 aromatic rings. The summed E-state index contributed by atoms with van der Waals surface area (Å²) in [6.07, 6.45) is 25.4. The molecule has 0 saturated heterocycles. The molecule has 0 bridgehead atoms. The van der Waals surface area contributed by atoms with Gasteiger partial charge in [0.15, 0.2) is 11.5 Å². The summed E-state index contributed by atoms with van der Waals surface area (Å²) < 4.78 is 11.7. The van der Waals surface area contributed by atoms with E-state index in [1.165, 1.54) is 95.5 Å². The number of rotatable bonds is 27. The molecule has 0 aliphatic heterocycles. The van der Waals surface area contributed by atoms with Gasteiger partial charge in [-0.15, -0.1) is 0 Å². The second kappa shape index (κ2) is 24.7. The van der Waals surface area contributed by atoms with E-state index in [-0.39, 0.29) is 11.5 Å². The summed E-state index contributed by atoms with van der Waals surface area (Å²) >= 11 is 0. The van der Waals surface area contributed by atoms with Crippen LogP contribution in [-0.4, -0.2) is 23.0 Å². The zero-order valence-corrected chi connectivity index (χ0v) is 27.3. The quantitative estimate of drug-likeness (QED) is 0.0619. The number of ether oxygens (including phenoxy) is 2. The number of hydrogen-bond acceptors (Lipinski definition) is 4. The maximum Gasteiger partial charge on any atom is 0.511 e. The lowest BCUT2D eigenvalue weighted by atomic mass is 9.88. The van der Waals surface area contributed by atoms with Crippen LogP contribution < -0.4 is 9.47 Å². The number of carboxylic acid groups (broad SMARTS) is 1. The lowest BCUT2D eigenvalue weighted by Gasteiger charge is -2.24.